The summed E-state index contributed by atoms with van der Waals surface area (Å²) in [7, 11) is 1.72. The van der Waals surface area contributed by atoms with Crippen LogP contribution in [0.4, 0.5) is 0 Å². The summed E-state index contributed by atoms with van der Waals surface area (Å²) < 4.78 is 6.55. The molecule has 0 saturated heterocycles. The maximum absolute atomic E-state index is 5.43. The second kappa shape index (κ2) is 7.62. The van der Waals surface area contributed by atoms with Crippen molar-refractivity contribution in [2.45, 2.75) is 32.4 Å². The molecule has 3 heteroatoms. The lowest BCUT2D eigenvalue weighted by Gasteiger charge is -2.22. The molecule has 0 heterocycles. The molecule has 0 fully saturated rings. The van der Waals surface area contributed by atoms with E-state index in [1.54, 1.807) is 7.11 Å². The minimum Gasteiger partial charge on any atom is -0.496 e. The van der Waals surface area contributed by atoms with Gasteiger partial charge in [0, 0.05) is 22.1 Å². The number of nitrogens with one attached hydrogen (secondary N) is 1. The Morgan fingerprint density at radius 1 is 1.05 bits per heavy atom. The maximum atomic E-state index is 5.43. The van der Waals surface area contributed by atoms with Gasteiger partial charge in [-0.2, -0.15) is 0 Å². The second-order valence-corrected chi connectivity index (χ2v) is 6.28. The highest BCUT2D eigenvalue weighted by Crippen LogP contribution is 2.25. The molecule has 0 amide bonds. The molecule has 2 aromatic rings. The van der Waals surface area contributed by atoms with E-state index >= 15 is 0 Å². The highest BCUT2D eigenvalue weighted by molar-refractivity contribution is 9.10. The Bertz CT molecular complexity index is 568. The first kappa shape index (κ1) is 16.1. The van der Waals surface area contributed by atoms with Crippen LogP contribution in [0.15, 0.2) is 53.0 Å². The van der Waals surface area contributed by atoms with Crippen LogP contribution in [0.25, 0.3) is 0 Å². The van der Waals surface area contributed by atoms with Crippen molar-refractivity contribution in [1.82, 2.24) is 5.32 Å². The molecule has 0 aliphatic carbocycles. The van der Waals surface area contributed by atoms with Gasteiger partial charge in [0.25, 0.3) is 0 Å². The molecule has 1 unspecified atom stereocenters. The normalized spacial score (nSPS) is 13.7. The average molecular weight is 348 g/mol. The van der Waals surface area contributed by atoms with E-state index in [-0.39, 0.29) is 6.04 Å². The molecule has 0 spiro atoms. The van der Waals surface area contributed by atoms with Gasteiger partial charge in [-0.25, -0.2) is 0 Å². The van der Waals surface area contributed by atoms with Gasteiger partial charge < -0.3 is 10.1 Å². The first-order valence-electron chi connectivity index (χ1n) is 7.23. The van der Waals surface area contributed by atoms with Crippen LogP contribution in [0.1, 0.15) is 31.0 Å². The van der Waals surface area contributed by atoms with Gasteiger partial charge in [0.15, 0.2) is 0 Å². The SMILES string of the molecule is COc1ccccc1[C@@H](C)NC(C)Cc1ccc(Br)cc1. The maximum Gasteiger partial charge on any atom is 0.123 e. The number of hydrogen-bond acceptors (Lipinski definition) is 2. The molecule has 2 rings (SSSR count). The Balaban J connectivity index is 1.98. The molecular formula is C18H22BrNO. The van der Waals surface area contributed by atoms with Crippen molar-refractivity contribution in [1.29, 1.82) is 0 Å². The smallest absolute Gasteiger partial charge is 0.123 e. The summed E-state index contributed by atoms with van der Waals surface area (Å²) in [6.45, 7) is 4.39. The van der Waals surface area contributed by atoms with Crippen LogP contribution in [0.3, 0.4) is 0 Å². The summed E-state index contributed by atoms with van der Waals surface area (Å²) >= 11 is 3.47. The molecule has 0 radical (unpaired) electrons. The average Bonchev–Trinajstić information content (AvgIpc) is 2.49. The summed E-state index contributed by atoms with van der Waals surface area (Å²) in [5.74, 6) is 0.938. The van der Waals surface area contributed by atoms with Crippen molar-refractivity contribution in [2.75, 3.05) is 7.11 Å². The summed E-state index contributed by atoms with van der Waals surface area (Å²) in [5.41, 5.74) is 2.54. The molecule has 2 aromatic carbocycles. The van der Waals surface area contributed by atoms with Crippen molar-refractivity contribution in [3.8, 4) is 5.75 Å². The van der Waals surface area contributed by atoms with Crippen LogP contribution in [0, 0.1) is 0 Å². The van der Waals surface area contributed by atoms with Crippen molar-refractivity contribution in [2.24, 2.45) is 0 Å². The number of methoxy groups -OCH3 is 1. The van der Waals surface area contributed by atoms with Crippen LogP contribution >= 0.6 is 15.9 Å². The molecule has 1 N–H and O–H groups in total. The zero-order chi connectivity index (χ0) is 15.2. The van der Waals surface area contributed by atoms with Crippen LogP contribution in [-0.2, 0) is 6.42 Å². The molecule has 2 atom stereocenters. The standard InChI is InChI=1S/C18H22BrNO/c1-13(12-15-8-10-16(19)11-9-15)20-14(2)17-6-4-5-7-18(17)21-3/h4-11,13-14,20H,12H2,1-3H3/t13?,14-/m1/s1. The largest absolute Gasteiger partial charge is 0.496 e. The summed E-state index contributed by atoms with van der Waals surface area (Å²) in [4.78, 5) is 0. The third-order valence-corrected chi connectivity index (χ3v) is 4.12. The van der Waals surface area contributed by atoms with E-state index in [2.05, 4.69) is 71.5 Å². The molecule has 0 aliphatic rings. The highest BCUT2D eigenvalue weighted by atomic mass is 79.9. The monoisotopic (exact) mass is 347 g/mol. The van der Waals surface area contributed by atoms with E-state index < -0.39 is 0 Å². The fourth-order valence-corrected chi connectivity index (χ4v) is 2.84. The van der Waals surface area contributed by atoms with Gasteiger partial charge in [0.2, 0.25) is 0 Å². The molecule has 0 bridgehead atoms. The molecule has 21 heavy (non-hydrogen) atoms. The van der Waals surface area contributed by atoms with E-state index in [0.29, 0.717) is 6.04 Å². The number of ether oxygens (including phenoxy) is 1. The molecule has 0 saturated carbocycles. The molecule has 112 valence electrons. The predicted octanol–water partition coefficient (Wildman–Crippen LogP) is 4.74. The van der Waals surface area contributed by atoms with Crippen LogP contribution in [0.2, 0.25) is 0 Å². The van der Waals surface area contributed by atoms with E-state index in [1.165, 1.54) is 11.1 Å². The fraction of sp³-hybridized carbons (Fsp3) is 0.333. The first-order chi connectivity index (χ1) is 10.1. The van der Waals surface area contributed by atoms with Gasteiger partial charge in [0.05, 0.1) is 7.11 Å². The van der Waals surface area contributed by atoms with Crippen molar-refractivity contribution >= 4 is 15.9 Å². The lowest BCUT2D eigenvalue weighted by Crippen LogP contribution is -2.30. The van der Waals surface area contributed by atoms with Gasteiger partial charge in [-0.15, -0.1) is 0 Å². The Labute approximate surface area is 135 Å². The number of halogens is 1. The summed E-state index contributed by atoms with van der Waals surface area (Å²) in [5, 5.41) is 3.64. The predicted molar refractivity (Wildman–Crippen MR) is 91.9 cm³/mol. The van der Waals surface area contributed by atoms with E-state index in [4.69, 9.17) is 4.74 Å². The van der Waals surface area contributed by atoms with Crippen LogP contribution in [-0.4, -0.2) is 13.2 Å². The lowest BCUT2D eigenvalue weighted by atomic mass is 10.0. The molecule has 0 aliphatic heterocycles. The minimum absolute atomic E-state index is 0.256. The van der Waals surface area contributed by atoms with E-state index in [1.807, 2.05) is 12.1 Å². The van der Waals surface area contributed by atoms with Gasteiger partial charge in [-0.1, -0.05) is 46.3 Å². The third kappa shape index (κ3) is 4.58. The van der Waals surface area contributed by atoms with E-state index in [9.17, 15) is 0 Å². The second-order valence-electron chi connectivity index (χ2n) is 5.36. The van der Waals surface area contributed by atoms with Gasteiger partial charge in [-0.05, 0) is 44.0 Å². The third-order valence-electron chi connectivity index (χ3n) is 3.60. The number of benzene rings is 2. The topological polar surface area (TPSA) is 21.3 Å². The number of hydrogen-bond donors (Lipinski definition) is 1. The van der Waals surface area contributed by atoms with Crippen molar-refractivity contribution in [3.05, 3.63) is 64.1 Å². The zero-order valence-electron chi connectivity index (χ0n) is 12.8. The number of para-hydroxylation sites is 1. The van der Waals surface area contributed by atoms with Crippen molar-refractivity contribution < 1.29 is 4.74 Å². The van der Waals surface area contributed by atoms with Gasteiger partial charge >= 0.3 is 0 Å². The van der Waals surface area contributed by atoms with Gasteiger partial charge in [-0.3, -0.25) is 0 Å². The van der Waals surface area contributed by atoms with Crippen LogP contribution in [0.5, 0.6) is 5.75 Å². The Kier molecular flexibility index (Phi) is 5.83. The Hall–Kier alpha value is -1.32. The molecule has 0 aromatic heterocycles. The Morgan fingerprint density at radius 2 is 1.71 bits per heavy atom. The molecule has 2 nitrogen and oxygen atoms in total. The quantitative estimate of drug-likeness (QED) is 0.814. The summed E-state index contributed by atoms with van der Waals surface area (Å²) in [6, 6.07) is 17.3. The van der Waals surface area contributed by atoms with Crippen LogP contribution < -0.4 is 10.1 Å². The zero-order valence-corrected chi connectivity index (χ0v) is 14.4. The summed E-state index contributed by atoms with van der Waals surface area (Å²) in [6.07, 6.45) is 1.01. The molecular weight excluding hydrogens is 326 g/mol. The van der Waals surface area contributed by atoms with E-state index in [0.717, 1.165) is 16.6 Å². The van der Waals surface area contributed by atoms with Crippen molar-refractivity contribution in [3.63, 3.8) is 0 Å². The minimum atomic E-state index is 0.256. The highest BCUT2D eigenvalue weighted by Gasteiger charge is 2.13. The lowest BCUT2D eigenvalue weighted by molar-refractivity contribution is 0.395. The number of rotatable bonds is 6. The van der Waals surface area contributed by atoms with Gasteiger partial charge in [0.1, 0.15) is 5.75 Å². The Morgan fingerprint density at radius 3 is 2.38 bits per heavy atom. The first-order valence-corrected chi connectivity index (χ1v) is 8.03. The fourth-order valence-electron chi connectivity index (χ4n) is 2.57.